The molecule has 1 saturated heterocycles. The fraction of sp³-hybridized carbons (Fsp3) is 0.636. The predicted molar refractivity (Wildman–Crippen MR) is 108 cm³/mol. The normalized spacial score (nSPS) is 19.8. The van der Waals surface area contributed by atoms with Crippen molar-refractivity contribution >= 4 is 0 Å². The summed E-state index contributed by atoms with van der Waals surface area (Å²) in [6.07, 6.45) is 6.79. The molecule has 1 aliphatic heterocycles. The molecule has 0 amide bonds. The second kappa shape index (κ2) is 9.05. The van der Waals surface area contributed by atoms with E-state index in [2.05, 4.69) is 39.9 Å². The van der Waals surface area contributed by atoms with Gasteiger partial charge in [0, 0.05) is 19.1 Å². The van der Waals surface area contributed by atoms with Crippen LogP contribution in [-0.2, 0) is 13.2 Å². The Kier molecular flexibility index (Phi) is 6.27. The van der Waals surface area contributed by atoms with Gasteiger partial charge in [0.15, 0.2) is 6.61 Å². The van der Waals surface area contributed by atoms with E-state index in [4.69, 9.17) is 9.26 Å². The minimum atomic E-state index is 0.335. The zero-order valence-electron chi connectivity index (χ0n) is 17.2. The highest BCUT2D eigenvalue weighted by Crippen LogP contribution is 2.24. The maximum Gasteiger partial charge on any atom is 0.240 e. The second-order valence-electron chi connectivity index (χ2n) is 8.32. The summed E-state index contributed by atoms with van der Waals surface area (Å²) in [6.45, 7) is 9.76. The Balaban J connectivity index is 1.27. The van der Waals surface area contributed by atoms with E-state index >= 15 is 0 Å². The van der Waals surface area contributed by atoms with E-state index in [0.717, 1.165) is 38.0 Å². The third kappa shape index (κ3) is 5.11. The third-order valence-corrected chi connectivity index (χ3v) is 5.90. The van der Waals surface area contributed by atoms with Crippen molar-refractivity contribution in [2.75, 3.05) is 26.2 Å². The molecule has 6 nitrogen and oxygen atoms in total. The SMILES string of the molecule is Cc1cc(C)cc(OCc2noc(CN3CCCN(C4CCCC4)CC3)n2)c1. The van der Waals surface area contributed by atoms with Crippen LogP contribution >= 0.6 is 0 Å². The number of hydrogen-bond acceptors (Lipinski definition) is 6. The lowest BCUT2D eigenvalue weighted by Crippen LogP contribution is -2.36. The van der Waals surface area contributed by atoms with Gasteiger partial charge in [-0.05, 0) is 69.5 Å². The highest BCUT2D eigenvalue weighted by molar-refractivity contribution is 5.33. The van der Waals surface area contributed by atoms with Crippen LogP contribution in [-0.4, -0.2) is 52.2 Å². The topological polar surface area (TPSA) is 54.6 Å². The first-order chi connectivity index (χ1) is 13.7. The number of hydrogen-bond donors (Lipinski definition) is 0. The fourth-order valence-corrected chi connectivity index (χ4v) is 4.55. The molecule has 2 aliphatic rings. The van der Waals surface area contributed by atoms with E-state index in [1.54, 1.807) is 0 Å². The molecule has 2 aromatic rings. The molecule has 4 rings (SSSR count). The van der Waals surface area contributed by atoms with Gasteiger partial charge in [-0.15, -0.1) is 0 Å². The third-order valence-electron chi connectivity index (χ3n) is 5.90. The van der Waals surface area contributed by atoms with Gasteiger partial charge in [-0.1, -0.05) is 24.1 Å². The summed E-state index contributed by atoms with van der Waals surface area (Å²) in [5, 5.41) is 4.09. The van der Waals surface area contributed by atoms with Gasteiger partial charge < -0.3 is 9.26 Å². The van der Waals surface area contributed by atoms with E-state index < -0.39 is 0 Å². The largest absolute Gasteiger partial charge is 0.485 e. The lowest BCUT2D eigenvalue weighted by atomic mass is 10.1. The van der Waals surface area contributed by atoms with Crippen LogP contribution in [0.4, 0.5) is 0 Å². The van der Waals surface area contributed by atoms with Crippen LogP contribution < -0.4 is 4.74 Å². The lowest BCUT2D eigenvalue weighted by molar-refractivity contribution is 0.191. The van der Waals surface area contributed by atoms with Crippen LogP contribution in [0.15, 0.2) is 22.7 Å². The Bertz CT molecular complexity index is 749. The summed E-state index contributed by atoms with van der Waals surface area (Å²) in [4.78, 5) is 9.67. The number of nitrogens with zero attached hydrogens (tertiary/aromatic N) is 4. The molecule has 0 radical (unpaired) electrons. The Morgan fingerprint density at radius 2 is 1.79 bits per heavy atom. The van der Waals surface area contributed by atoms with Crippen molar-refractivity contribution in [2.45, 2.75) is 65.1 Å². The summed E-state index contributed by atoms with van der Waals surface area (Å²) < 4.78 is 11.3. The van der Waals surface area contributed by atoms with Crippen molar-refractivity contribution < 1.29 is 9.26 Å². The number of aromatic nitrogens is 2. The highest BCUT2D eigenvalue weighted by Gasteiger charge is 2.25. The first-order valence-electron chi connectivity index (χ1n) is 10.6. The smallest absolute Gasteiger partial charge is 0.240 e. The molecule has 1 aromatic heterocycles. The van der Waals surface area contributed by atoms with Crippen molar-refractivity contribution in [3.8, 4) is 5.75 Å². The molecular weight excluding hydrogens is 352 g/mol. The van der Waals surface area contributed by atoms with Gasteiger partial charge in [0.25, 0.3) is 0 Å². The number of rotatable bonds is 6. The molecule has 0 N–H and O–H groups in total. The molecule has 0 spiro atoms. The van der Waals surface area contributed by atoms with Crippen LogP contribution in [0.5, 0.6) is 5.75 Å². The zero-order chi connectivity index (χ0) is 19.3. The molecule has 2 fully saturated rings. The van der Waals surface area contributed by atoms with E-state index in [0.29, 0.717) is 18.3 Å². The second-order valence-corrected chi connectivity index (χ2v) is 8.32. The van der Waals surface area contributed by atoms with Gasteiger partial charge in [0.2, 0.25) is 11.7 Å². The molecule has 152 valence electrons. The van der Waals surface area contributed by atoms with E-state index in [1.165, 1.54) is 49.8 Å². The minimum absolute atomic E-state index is 0.335. The van der Waals surface area contributed by atoms with Crippen LogP contribution in [0.25, 0.3) is 0 Å². The van der Waals surface area contributed by atoms with Gasteiger partial charge >= 0.3 is 0 Å². The standard InChI is InChI=1S/C22H32N4O2/c1-17-12-18(2)14-20(13-17)27-16-21-23-22(28-24-21)15-25-8-5-9-26(11-10-25)19-6-3-4-7-19/h12-14,19H,3-11,15-16H2,1-2H3. The monoisotopic (exact) mass is 384 g/mol. The van der Waals surface area contributed by atoms with Gasteiger partial charge in [0.1, 0.15) is 5.75 Å². The van der Waals surface area contributed by atoms with Gasteiger partial charge in [-0.3, -0.25) is 9.80 Å². The summed E-state index contributed by atoms with van der Waals surface area (Å²) >= 11 is 0. The van der Waals surface area contributed by atoms with Crippen molar-refractivity contribution in [2.24, 2.45) is 0 Å². The van der Waals surface area contributed by atoms with Gasteiger partial charge in [-0.25, -0.2) is 0 Å². The lowest BCUT2D eigenvalue weighted by Gasteiger charge is -2.27. The molecule has 1 aromatic carbocycles. The quantitative estimate of drug-likeness (QED) is 0.757. The summed E-state index contributed by atoms with van der Waals surface area (Å²) in [5.74, 6) is 2.15. The van der Waals surface area contributed by atoms with E-state index in [-0.39, 0.29) is 0 Å². The van der Waals surface area contributed by atoms with Crippen molar-refractivity contribution in [3.63, 3.8) is 0 Å². The van der Waals surface area contributed by atoms with Crippen molar-refractivity contribution in [1.82, 2.24) is 19.9 Å². The van der Waals surface area contributed by atoms with Crippen LogP contribution in [0.3, 0.4) is 0 Å². The molecule has 0 unspecified atom stereocenters. The van der Waals surface area contributed by atoms with E-state index in [1.807, 2.05) is 12.1 Å². The van der Waals surface area contributed by atoms with Gasteiger partial charge in [-0.2, -0.15) is 4.98 Å². The first-order valence-corrected chi connectivity index (χ1v) is 10.6. The summed E-state index contributed by atoms with van der Waals surface area (Å²) in [5.41, 5.74) is 2.38. The summed E-state index contributed by atoms with van der Waals surface area (Å²) in [6, 6.07) is 7.01. The van der Waals surface area contributed by atoms with E-state index in [9.17, 15) is 0 Å². The number of aryl methyl sites for hydroxylation is 2. The Morgan fingerprint density at radius 1 is 1.00 bits per heavy atom. The Morgan fingerprint density at radius 3 is 2.57 bits per heavy atom. The van der Waals surface area contributed by atoms with Crippen molar-refractivity contribution in [1.29, 1.82) is 0 Å². The average molecular weight is 385 g/mol. The fourth-order valence-electron chi connectivity index (χ4n) is 4.55. The number of benzene rings is 1. The molecule has 6 heteroatoms. The predicted octanol–water partition coefficient (Wildman–Crippen LogP) is 3.72. The maximum absolute atomic E-state index is 5.84. The molecule has 0 bridgehead atoms. The van der Waals surface area contributed by atoms with Crippen molar-refractivity contribution in [3.05, 3.63) is 41.0 Å². The van der Waals surface area contributed by atoms with Crippen LogP contribution in [0.1, 0.15) is 54.9 Å². The highest BCUT2D eigenvalue weighted by atomic mass is 16.5. The summed E-state index contributed by atoms with van der Waals surface area (Å²) in [7, 11) is 0. The Labute approximate surface area is 167 Å². The molecule has 1 aliphatic carbocycles. The zero-order valence-corrected chi connectivity index (χ0v) is 17.2. The van der Waals surface area contributed by atoms with Crippen LogP contribution in [0.2, 0.25) is 0 Å². The Hall–Kier alpha value is -1.92. The van der Waals surface area contributed by atoms with Crippen LogP contribution in [0, 0.1) is 13.8 Å². The van der Waals surface area contributed by atoms with Gasteiger partial charge in [0.05, 0.1) is 6.54 Å². The molecular formula is C22H32N4O2. The maximum atomic E-state index is 5.84. The first kappa shape index (κ1) is 19.4. The minimum Gasteiger partial charge on any atom is -0.485 e. The average Bonchev–Trinajstić information content (AvgIpc) is 3.29. The molecule has 1 saturated carbocycles. The number of ether oxygens (including phenoxy) is 1. The molecule has 2 heterocycles. The molecule has 28 heavy (non-hydrogen) atoms. The molecule has 0 atom stereocenters.